The monoisotopic (exact) mass is 325 g/mol. The molecule has 0 aliphatic carbocycles. The van der Waals surface area contributed by atoms with Gasteiger partial charge in [0.15, 0.2) is 0 Å². The van der Waals surface area contributed by atoms with Crippen LogP contribution in [0.4, 0.5) is 9.18 Å². The quantitative estimate of drug-likeness (QED) is 0.874. The van der Waals surface area contributed by atoms with Crippen LogP contribution in [0.3, 0.4) is 0 Å². The lowest BCUT2D eigenvalue weighted by atomic mass is 10.1. The van der Waals surface area contributed by atoms with Crippen LogP contribution in [0.2, 0.25) is 5.02 Å². The summed E-state index contributed by atoms with van der Waals surface area (Å²) in [6.07, 6.45) is 2.45. The molecule has 0 aromatic heterocycles. The summed E-state index contributed by atoms with van der Waals surface area (Å²) in [6, 6.07) is 3.73. The standard InChI is InChI=1S/C15H17ClFN3O2/c1-15(2,3)22-14(21)19-10-7-13(20-18-8-10)11-6-9(16)4-5-12(11)17/h4-8,13,20H,1-3H3,(H,19,21). The number of carbonyl (C=O) groups excluding carboxylic acids is 1. The fraction of sp³-hybridized carbons (Fsp3) is 0.333. The number of hydrazone groups is 1. The first-order valence-corrected chi connectivity index (χ1v) is 7.08. The normalized spacial score (nSPS) is 17.5. The van der Waals surface area contributed by atoms with Gasteiger partial charge in [-0.05, 0) is 45.0 Å². The zero-order valence-corrected chi connectivity index (χ0v) is 13.2. The summed E-state index contributed by atoms with van der Waals surface area (Å²) >= 11 is 5.89. The molecule has 1 aromatic rings. The van der Waals surface area contributed by atoms with Crippen LogP contribution in [-0.4, -0.2) is 17.9 Å². The van der Waals surface area contributed by atoms with Crippen molar-refractivity contribution in [3.05, 3.63) is 46.4 Å². The number of ether oxygens (including phenoxy) is 1. The van der Waals surface area contributed by atoms with E-state index in [2.05, 4.69) is 15.8 Å². The summed E-state index contributed by atoms with van der Waals surface area (Å²) in [4.78, 5) is 11.7. The van der Waals surface area contributed by atoms with E-state index in [1.807, 2.05) is 0 Å². The van der Waals surface area contributed by atoms with E-state index in [-0.39, 0.29) is 0 Å². The van der Waals surface area contributed by atoms with Gasteiger partial charge in [-0.15, -0.1) is 0 Å². The van der Waals surface area contributed by atoms with E-state index < -0.39 is 23.6 Å². The molecule has 0 saturated carbocycles. The van der Waals surface area contributed by atoms with Crippen molar-refractivity contribution < 1.29 is 13.9 Å². The first-order valence-electron chi connectivity index (χ1n) is 6.70. The lowest BCUT2D eigenvalue weighted by molar-refractivity contribution is 0.0549. The fourth-order valence-corrected chi connectivity index (χ4v) is 2.04. The zero-order valence-electron chi connectivity index (χ0n) is 12.5. The third-order valence-corrected chi connectivity index (χ3v) is 2.94. The Kier molecular flexibility index (Phi) is 4.71. The Hall–Kier alpha value is -2.08. The van der Waals surface area contributed by atoms with Crippen molar-refractivity contribution in [3.63, 3.8) is 0 Å². The van der Waals surface area contributed by atoms with Crippen molar-refractivity contribution in [1.82, 2.24) is 10.7 Å². The number of hydrogen-bond donors (Lipinski definition) is 2. The number of benzene rings is 1. The molecule has 22 heavy (non-hydrogen) atoms. The molecule has 0 saturated heterocycles. The maximum absolute atomic E-state index is 13.9. The summed E-state index contributed by atoms with van der Waals surface area (Å²) in [5.74, 6) is -0.410. The zero-order chi connectivity index (χ0) is 16.3. The van der Waals surface area contributed by atoms with E-state index >= 15 is 0 Å². The molecule has 5 nitrogen and oxygen atoms in total. The van der Waals surface area contributed by atoms with Crippen molar-refractivity contribution in [2.24, 2.45) is 5.10 Å². The van der Waals surface area contributed by atoms with Crippen LogP contribution < -0.4 is 10.7 Å². The molecular weight excluding hydrogens is 309 g/mol. The second-order valence-corrected chi connectivity index (χ2v) is 6.22. The Morgan fingerprint density at radius 1 is 1.45 bits per heavy atom. The van der Waals surface area contributed by atoms with Crippen LogP contribution >= 0.6 is 11.6 Å². The Bertz CT molecular complexity index is 638. The minimum Gasteiger partial charge on any atom is -0.444 e. The Morgan fingerprint density at radius 2 is 2.18 bits per heavy atom. The molecule has 0 spiro atoms. The molecule has 1 heterocycles. The van der Waals surface area contributed by atoms with Gasteiger partial charge in [-0.3, -0.25) is 10.7 Å². The number of nitrogens with one attached hydrogen (secondary N) is 2. The largest absolute Gasteiger partial charge is 0.444 e. The van der Waals surface area contributed by atoms with Crippen molar-refractivity contribution in [1.29, 1.82) is 0 Å². The summed E-state index contributed by atoms with van der Waals surface area (Å²) in [6.45, 7) is 5.30. The van der Waals surface area contributed by atoms with E-state index in [9.17, 15) is 9.18 Å². The van der Waals surface area contributed by atoms with Gasteiger partial charge in [-0.2, -0.15) is 5.10 Å². The number of carbonyl (C=O) groups is 1. The third-order valence-electron chi connectivity index (χ3n) is 2.70. The van der Waals surface area contributed by atoms with Crippen LogP contribution in [0, 0.1) is 5.82 Å². The molecule has 1 aliphatic heterocycles. The molecule has 1 unspecified atom stereocenters. The molecule has 118 valence electrons. The van der Waals surface area contributed by atoms with Gasteiger partial charge < -0.3 is 4.74 Å². The highest BCUT2D eigenvalue weighted by molar-refractivity contribution is 6.30. The molecular formula is C15H17ClFN3O2. The highest BCUT2D eigenvalue weighted by atomic mass is 35.5. The first kappa shape index (κ1) is 16.3. The molecule has 0 bridgehead atoms. The van der Waals surface area contributed by atoms with E-state index in [1.165, 1.54) is 24.4 Å². The molecule has 7 heteroatoms. The minimum atomic E-state index is -0.604. The van der Waals surface area contributed by atoms with Gasteiger partial charge in [0.1, 0.15) is 11.4 Å². The second kappa shape index (κ2) is 6.36. The van der Waals surface area contributed by atoms with Gasteiger partial charge in [-0.25, -0.2) is 9.18 Å². The van der Waals surface area contributed by atoms with Gasteiger partial charge in [0.2, 0.25) is 0 Å². The van der Waals surface area contributed by atoms with E-state index in [0.29, 0.717) is 16.3 Å². The maximum atomic E-state index is 13.9. The SMILES string of the molecule is CC(C)(C)OC(=O)NC1=CC(c2cc(Cl)ccc2F)NN=C1. The Labute approximate surface area is 133 Å². The lowest BCUT2D eigenvalue weighted by Gasteiger charge is -2.22. The fourth-order valence-electron chi connectivity index (χ4n) is 1.85. The summed E-state index contributed by atoms with van der Waals surface area (Å²) in [7, 11) is 0. The number of hydrogen-bond acceptors (Lipinski definition) is 4. The maximum Gasteiger partial charge on any atom is 0.412 e. The van der Waals surface area contributed by atoms with Crippen molar-refractivity contribution in [3.8, 4) is 0 Å². The molecule has 1 aliphatic rings. The number of rotatable bonds is 2. The molecule has 1 aromatic carbocycles. The van der Waals surface area contributed by atoms with E-state index in [1.54, 1.807) is 26.8 Å². The smallest absolute Gasteiger partial charge is 0.412 e. The number of nitrogens with zero attached hydrogens (tertiary/aromatic N) is 1. The topological polar surface area (TPSA) is 62.7 Å². The predicted octanol–water partition coefficient (Wildman–Crippen LogP) is 3.52. The summed E-state index contributed by atoms with van der Waals surface area (Å²) in [5, 5.41) is 6.90. The van der Waals surface area contributed by atoms with Crippen LogP contribution in [0.1, 0.15) is 32.4 Å². The number of allylic oxidation sites excluding steroid dienone is 1. The molecule has 0 radical (unpaired) electrons. The molecule has 2 rings (SSSR count). The van der Waals surface area contributed by atoms with Gasteiger partial charge in [-0.1, -0.05) is 11.6 Å². The summed E-state index contributed by atoms with van der Waals surface area (Å²) in [5.41, 5.74) is 2.91. The molecule has 0 fully saturated rings. The molecule has 1 amide bonds. The van der Waals surface area contributed by atoms with Crippen LogP contribution in [0.5, 0.6) is 0 Å². The van der Waals surface area contributed by atoms with E-state index in [4.69, 9.17) is 16.3 Å². The highest BCUT2D eigenvalue weighted by Crippen LogP contribution is 2.24. The predicted molar refractivity (Wildman–Crippen MR) is 83.2 cm³/mol. The summed E-state index contributed by atoms with van der Waals surface area (Å²) < 4.78 is 19.0. The van der Waals surface area contributed by atoms with Crippen LogP contribution in [0.25, 0.3) is 0 Å². The van der Waals surface area contributed by atoms with Gasteiger partial charge in [0.25, 0.3) is 0 Å². The number of alkyl carbamates (subject to hydrolysis) is 1. The van der Waals surface area contributed by atoms with Gasteiger partial charge >= 0.3 is 6.09 Å². The Morgan fingerprint density at radius 3 is 2.86 bits per heavy atom. The highest BCUT2D eigenvalue weighted by Gasteiger charge is 2.20. The number of amides is 1. The van der Waals surface area contributed by atoms with Crippen LogP contribution in [0.15, 0.2) is 35.1 Å². The van der Waals surface area contributed by atoms with Crippen molar-refractivity contribution in [2.45, 2.75) is 32.4 Å². The average molecular weight is 326 g/mol. The second-order valence-electron chi connectivity index (χ2n) is 5.78. The van der Waals surface area contributed by atoms with Crippen molar-refractivity contribution in [2.75, 3.05) is 0 Å². The van der Waals surface area contributed by atoms with Crippen molar-refractivity contribution >= 4 is 23.9 Å². The van der Waals surface area contributed by atoms with E-state index in [0.717, 1.165) is 0 Å². The lowest BCUT2D eigenvalue weighted by Crippen LogP contribution is -2.34. The number of halogens is 2. The first-order chi connectivity index (χ1) is 10.2. The third kappa shape index (κ3) is 4.46. The molecule has 2 N–H and O–H groups in total. The van der Waals surface area contributed by atoms with Gasteiger partial charge in [0, 0.05) is 10.6 Å². The molecule has 1 atom stereocenters. The average Bonchev–Trinajstić information content (AvgIpc) is 2.39. The van der Waals surface area contributed by atoms with Crippen LogP contribution in [-0.2, 0) is 4.74 Å². The van der Waals surface area contributed by atoms with Gasteiger partial charge in [0.05, 0.1) is 18.0 Å². The Balaban J connectivity index is 2.14. The minimum absolute atomic E-state index is 0.341.